The van der Waals surface area contributed by atoms with E-state index in [1.165, 1.54) is 6.07 Å². The van der Waals surface area contributed by atoms with Gasteiger partial charge in [-0.15, -0.1) is 0 Å². The first kappa shape index (κ1) is 16.9. The van der Waals surface area contributed by atoms with Gasteiger partial charge < -0.3 is 15.2 Å². The summed E-state index contributed by atoms with van der Waals surface area (Å²) in [6.07, 6.45) is 2.18. The minimum absolute atomic E-state index is 0.174. The van der Waals surface area contributed by atoms with Crippen molar-refractivity contribution in [2.45, 2.75) is 26.2 Å². The molecule has 7 heteroatoms. The van der Waals surface area contributed by atoms with E-state index in [-0.39, 0.29) is 5.82 Å². The third-order valence-corrected chi connectivity index (χ3v) is 3.30. The maximum atomic E-state index is 13.5. The van der Waals surface area contributed by atoms with Gasteiger partial charge in [0.25, 0.3) is 0 Å². The second-order valence-corrected chi connectivity index (χ2v) is 5.11. The van der Waals surface area contributed by atoms with Gasteiger partial charge in [-0.2, -0.15) is 4.98 Å². The Hall–Kier alpha value is -2.44. The Kier molecular flexibility index (Phi) is 6.53. The number of aromatic nitrogens is 2. The van der Waals surface area contributed by atoms with Crippen LogP contribution in [0.2, 0.25) is 0 Å². The molecule has 2 aromatic rings. The highest BCUT2D eigenvalue weighted by Crippen LogP contribution is 2.06. The zero-order valence-corrected chi connectivity index (χ0v) is 13.5. The average molecular weight is 319 g/mol. The van der Waals surface area contributed by atoms with Crippen molar-refractivity contribution in [2.75, 3.05) is 20.1 Å². The Labute approximate surface area is 135 Å². The summed E-state index contributed by atoms with van der Waals surface area (Å²) in [6, 6.07) is 6.80. The van der Waals surface area contributed by atoms with Gasteiger partial charge in [0, 0.05) is 26.6 Å². The van der Waals surface area contributed by atoms with Crippen LogP contribution in [0.15, 0.2) is 33.8 Å². The molecule has 0 atom stereocenters. The standard InChI is InChI=1S/C16H22FN5O/c1-12-21-15(23-22-12)8-5-10-19-16(18-2)20-11-9-13-6-3-4-7-14(13)17/h3-4,6-7H,5,8-11H2,1-2H3,(H2,18,19,20). The maximum Gasteiger partial charge on any atom is 0.226 e. The zero-order valence-electron chi connectivity index (χ0n) is 13.5. The maximum absolute atomic E-state index is 13.5. The summed E-state index contributed by atoms with van der Waals surface area (Å²) in [5.41, 5.74) is 0.696. The Morgan fingerprint density at radius 1 is 1.22 bits per heavy atom. The Morgan fingerprint density at radius 3 is 2.70 bits per heavy atom. The molecule has 2 rings (SSSR count). The molecule has 0 saturated carbocycles. The third-order valence-electron chi connectivity index (χ3n) is 3.30. The van der Waals surface area contributed by atoms with E-state index < -0.39 is 0 Å². The number of aryl methyl sites for hydroxylation is 2. The molecule has 1 heterocycles. The lowest BCUT2D eigenvalue weighted by molar-refractivity contribution is 0.372. The van der Waals surface area contributed by atoms with Gasteiger partial charge in [0.15, 0.2) is 11.8 Å². The predicted octanol–water partition coefficient (Wildman–Crippen LogP) is 1.86. The van der Waals surface area contributed by atoms with Crippen molar-refractivity contribution < 1.29 is 8.91 Å². The van der Waals surface area contributed by atoms with Gasteiger partial charge in [-0.3, -0.25) is 4.99 Å². The minimum Gasteiger partial charge on any atom is -0.356 e. The van der Waals surface area contributed by atoms with E-state index in [0.29, 0.717) is 36.2 Å². The largest absolute Gasteiger partial charge is 0.356 e. The molecule has 0 aliphatic rings. The first-order valence-corrected chi connectivity index (χ1v) is 7.66. The lowest BCUT2D eigenvalue weighted by atomic mass is 10.1. The summed E-state index contributed by atoms with van der Waals surface area (Å²) >= 11 is 0. The summed E-state index contributed by atoms with van der Waals surface area (Å²) in [6.45, 7) is 3.15. The quantitative estimate of drug-likeness (QED) is 0.463. The van der Waals surface area contributed by atoms with Gasteiger partial charge in [0.05, 0.1) is 0 Å². The lowest BCUT2D eigenvalue weighted by Gasteiger charge is -2.11. The smallest absolute Gasteiger partial charge is 0.226 e. The van der Waals surface area contributed by atoms with Gasteiger partial charge in [0.2, 0.25) is 5.89 Å². The first-order chi connectivity index (χ1) is 11.2. The molecule has 0 amide bonds. The van der Waals surface area contributed by atoms with Crippen LogP contribution in [0, 0.1) is 12.7 Å². The number of guanidine groups is 1. The van der Waals surface area contributed by atoms with Gasteiger partial charge >= 0.3 is 0 Å². The summed E-state index contributed by atoms with van der Waals surface area (Å²) in [4.78, 5) is 8.29. The molecule has 23 heavy (non-hydrogen) atoms. The van der Waals surface area contributed by atoms with Crippen molar-refractivity contribution in [1.82, 2.24) is 20.8 Å². The molecule has 124 valence electrons. The van der Waals surface area contributed by atoms with Crippen LogP contribution in [0.5, 0.6) is 0 Å². The van der Waals surface area contributed by atoms with Gasteiger partial charge in [-0.05, 0) is 31.4 Å². The van der Waals surface area contributed by atoms with Crippen LogP contribution in [-0.2, 0) is 12.8 Å². The van der Waals surface area contributed by atoms with E-state index in [4.69, 9.17) is 4.52 Å². The van der Waals surface area contributed by atoms with Crippen LogP contribution < -0.4 is 10.6 Å². The molecule has 0 aliphatic heterocycles. The molecule has 0 fully saturated rings. The number of rotatable bonds is 7. The van der Waals surface area contributed by atoms with Gasteiger partial charge in [0.1, 0.15) is 5.82 Å². The SMILES string of the molecule is CN=C(NCCCc1nc(C)no1)NCCc1ccccc1F. The highest BCUT2D eigenvalue weighted by Gasteiger charge is 2.04. The van der Waals surface area contributed by atoms with Gasteiger partial charge in [-0.25, -0.2) is 4.39 Å². The van der Waals surface area contributed by atoms with Crippen molar-refractivity contribution in [3.63, 3.8) is 0 Å². The number of halogens is 1. The number of aliphatic imine (C=N–C) groups is 1. The monoisotopic (exact) mass is 319 g/mol. The average Bonchev–Trinajstić information content (AvgIpc) is 2.97. The molecule has 6 nitrogen and oxygen atoms in total. The number of benzene rings is 1. The molecule has 0 saturated heterocycles. The van der Waals surface area contributed by atoms with Crippen LogP contribution in [0.1, 0.15) is 23.7 Å². The van der Waals surface area contributed by atoms with E-state index in [9.17, 15) is 4.39 Å². The molecular weight excluding hydrogens is 297 g/mol. The van der Waals surface area contributed by atoms with Crippen molar-refractivity contribution >= 4 is 5.96 Å². The van der Waals surface area contributed by atoms with Crippen molar-refractivity contribution in [3.05, 3.63) is 47.4 Å². The number of hydrogen-bond acceptors (Lipinski definition) is 4. The van der Waals surface area contributed by atoms with Crippen molar-refractivity contribution in [1.29, 1.82) is 0 Å². The van der Waals surface area contributed by atoms with E-state index in [1.807, 2.05) is 6.07 Å². The molecule has 0 bridgehead atoms. The Balaban J connectivity index is 1.64. The van der Waals surface area contributed by atoms with Crippen LogP contribution in [0.3, 0.4) is 0 Å². The van der Waals surface area contributed by atoms with Crippen LogP contribution >= 0.6 is 0 Å². The van der Waals surface area contributed by atoms with Crippen LogP contribution in [0.25, 0.3) is 0 Å². The number of nitrogens with zero attached hydrogens (tertiary/aromatic N) is 3. The predicted molar refractivity (Wildman–Crippen MR) is 86.8 cm³/mol. The fourth-order valence-electron chi connectivity index (χ4n) is 2.13. The summed E-state index contributed by atoms with van der Waals surface area (Å²) in [5.74, 6) is 1.82. The highest BCUT2D eigenvalue weighted by atomic mass is 19.1. The molecule has 0 aliphatic carbocycles. The molecule has 1 aromatic heterocycles. The minimum atomic E-state index is -0.174. The zero-order chi connectivity index (χ0) is 16.5. The molecule has 0 unspecified atom stereocenters. The van der Waals surface area contributed by atoms with E-state index in [2.05, 4.69) is 25.8 Å². The summed E-state index contributed by atoms with van der Waals surface area (Å²) in [7, 11) is 1.71. The van der Waals surface area contributed by atoms with Crippen LogP contribution in [0.4, 0.5) is 4.39 Å². The Morgan fingerprint density at radius 2 is 2.00 bits per heavy atom. The van der Waals surface area contributed by atoms with E-state index >= 15 is 0 Å². The topological polar surface area (TPSA) is 75.3 Å². The molecule has 0 radical (unpaired) electrons. The molecule has 0 spiro atoms. The second kappa shape index (κ2) is 8.87. The molecule has 2 N–H and O–H groups in total. The second-order valence-electron chi connectivity index (χ2n) is 5.11. The fourth-order valence-corrected chi connectivity index (χ4v) is 2.13. The summed E-state index contributed by atoms with van der Waals surface area (Å²) < 4.78 is 18.6. The third kappa shape index (κ3) is 5.69. The summed E-state index contributed by atoms with van der Waals surface area (Å²) in [5, 5.41) is 10.1. The van der Waals surface area contributed by atoms with Crippen molar-refractivity contribution in [2.24, 2.45) is 4.99 Å². The normalized spacial score (nSPS) is 11.5. The first-order valence-electron chi connectivity index (χ1n) is 7.66. The lowest BCUT2D eigenvalue weighted by Crippen LogP contribution is -2.38. The van der Waals surface area contributed by atoms with Gasteiger partial charge in [-0.1, -0.05) is 23.4 Å². The Bertz CT molecular complexity index is 641. The molecule has 1 aromatic carbocycles. The number of hydrogen-bond donors (Lipinski definition) is 2. The fraction of sp³-hybridized carbons (Fsp3) is 0.438. The highest BCUT2D eigenvalue weighted by molar-refractivity contribution is 5.79. The molecular formula is C16H22FN5O. The van der Waals surface area contributed by atoms with E-state index in [1.54, 1.807) is 26.1 Å². The van der Waals surface area contributed by atoms with E-state index in [0.717, 1.165) is 19.4 Å². The number of nitrogens with one attached hydrogen (secondary N) is 2. The van der Waals surface area contributed by atoms with Crippen molar-refractivity contribution in [3.8, 4) is 0 Å². The van der Waals surface area contributed by atoms with Crippen LogP contribution in [-0.4, -0.2) is 36.2 Å².